The highest BCUT2D eigenvalue weighted by Gasteiger charge is 2.31. The summed E-state index contributed by atoms with van der Waals surface area (Å²) in [5, 5.41) is 6.04. The van der Waals surface area contributed by atoms with Gasteiger partial charge in [0, 0.05) is 68.8 Å². The number of ether oxygens (including phenoxy) is 1. The lowest BCUT2D eigenvalue weighted by Crippen LogP contribution is -2.42. The maximum Gasteiger partial charge on any atom is 0.259 e. The van der Waals surface area contributed by atoms with Crippen LogP contribution in [0, 0.1) is 12.8 Å². The minimum atomic E-state index is -0.154. The molecule has 4 aromatic rings. The van der Waals surface area contributed by atoms with Crippen molar-refractivity contribution in [1.29, 1.82) is 0 Å². The molecule has 6 rings (SSSR count). The van der Waals surface area contributed by atoms with E-state index in [1.165, 1.54) is 5.56 Å². The van der Waals surface area contributed by atoms with Crippen molar-refractivity contribution in [2.75, 3.05) is 32.8 Å². The number of H-pyrrole nitrogens is 1. The van der Waals surface area contributed by atoms with Crippen LogP contribution >= 0.6 is 0 Å². The van der Waals surface area contributed by atoms with Gasteiger partial charge in [-0.05, 0) is 68.0 Å². The van der Waals surface area contributed by atoms with Crippen LogP contribution in [0.4, 0.5) is 0 Å². The molecule has 2 fully saturated rings. The lowest BCUT2D eigenvalue weighted by Gasteiger charge is -2.31. The van der Waals surface area contributed by atoms with Crippen LogP contribution in [0.1, 0.15) is 54.2 Å². The topological polar surface area (TPSA) is 96.3 Å². The van der Waals surface area contributed by atoms with Crippen LogP contribution in [0.2, 0.25) is 0 Å². The monoisotopic (exact) mass is 528 g/mol. The molecule has 0 radical (unpaired) electrons. The number of aromatic nitrogens is 4. The average molecular weight is 529 g/mol. The number of amides is 1. The number of aryl methyl sites for hydroxylation is 1. The molecule has 0 bridgehead atoms. The number of rotatable bonds is 4. The normalized spacial score (nSPS) is 21.5. The number of carbonyl (C=O) groups excluding carboxylic acids is 1. The molecular weight excluding hydrogens is 492 g/mol. The highest BCUT2D eigenvalue weighted by atomic mass is 16.5. The minimum absolute atomic E-state index is 0.0380. The zero-order valence-corrected chi connectivity index (χ0v) is 22.9. The maximum atomic E-state index is 14.2. The van der Waals surface area contributed by atoms with Gasteiger partial charge in [0.1, 0.15) is 0 Å². The number of hydrogen-bond donors (Lipinski definition) is 1. The number of aromatic amines is 1. The molecule has 2 aliphatic rings. The molecule has 2 atom stereocenters. The van der Waals surface area contributed by atoms with Crippen LogP contribution < -0.4 is 5.56 Å². The molecule has 0 aliphatic carbocycles. The van der Waals surface area contributed by atoms with Crippen molar-refractivity contribution < 1.29 is 9.53 Å². The van der Waals surface area contributed by atoms with E-state index in [-0.39, 0.29) is 23.6 Å². The van der Waals surface area contributed by atoms with E-state index in [1.807, 2.05) is 41.0 Å². The number of benzene rings is 1. The van der Waals surface area contributed by atoms with Gasteiger partial charge in [-0.2, -0.15) is 5.10 Å². The Balaban J connectivity index is 1.35. The van der Waals surface area contributed by atoms with Crippen LogP contribution in [-0.2, 0) is 11.3 Å². The zero-order chi connectivity index (χ0) is 27.1. The largest absolute Gasteiger partial charge is 0.381 e. The first-order valence-corrected chi connectivity index (χ1v) is 13.9. The van der Waals surface area contributed by atoms with E-state index >= 15 is 0 Å². The average Bonchev–Trinajstić information content (AvgIpc) is 3.34. The Morgan fingerprint density at radius 2 is 1.87 bits per heavy atom. The predicted octanol–water partition coefficient (Wildman–Crippen LogP) is 3.92. The Hall–Kier alpha value is -3.56. The lowest BCUT2D eigenvalue weighted by molar-refractivity contribution is 0.0669. The van der Waals surface area contributed by atoms with Crippen molar-refractivity contribution in [1.82, 2.24) is 29.5 Å². The van der Waals surface area contributed by atoms with Crippen LogP contribution in [-0.4, -0.2) is 74.3 Å². The van der Waals surface area contributed by atoms with Gasteiger partial charge in [0.2, 0.25) is 0 Å². The molecule has 2 unspecified atom stereocenters. The second-order valence-electron chi connectivity index (χ2n) is 11.2. The molecule has 9 heteroatoms. The predicted molar refractivity (Wildman–Crippen MR) is 151 cm³/mol. The molecule has 0 saturated carbocycles. The molecule has 1 N–H and O–H groups in total. The summed E-state index contributed by atoms with van der Waals surface area (Å²) in [6, 6.07) is 8.28. The molecule has 1 aromatic carbocycles. The van der Waals surface area contributed by atoms with Crippen molar-refractivity contribution in [3.05, 3.63) is 69.9 Å². The molecule has 9 nitrogen and oxygen atoms in total. The quantitative estimate of drug-likeness (QED) is 0.431. The van der Waals surface area contributed by atoms with Crippen molar-refractivity contribution in [3.63, 3.8) is 0 Å². The third-order valence-corrected chi connectivity index (χ3v) is 8.61. The van der Waals surface area contributed by atoms with Gasteiger partial charge < -0.3 is 14.6 Å². The second kappa shape index (κ2) is 10.5. The summed E-state index contributed by atoms with van der Waals surface area (Å²) in [6.07, 6.45) is 7.01. The fourth-order valence-corrected chi connectivity index (χ4v) is 6.17. The Morgan fingerprint density at radius 3 is 2.64 bits per heavy atom. The van der Waals surface area contributed by atoms with E-state index in [9.17, 15) is 9.59 Å². The molecule has 39 heavy (non-hydrogen) atoms. The summed E-state index contributed by atoms with van der Waals surface area (Å²) < 4.78 is 7.54. The van der Waals surface area contributed by atoms with Gasteiger partial charge in [-0.15, -0.1) is 0 Å². The number of nitrogens with one attached hydrogen (secondary N) is 1. The van der Waals surface area contributed by atoms with Gasteiger partial charge in [0.25, 0.3) is 11.5 Å². The number of nitrogens with zero attached hydrogens (tertiary/aromatic N) is 5. The molecule has 204 valence electrons. The third kappa shape index (κ3) is 4.85. The van der Waals surface area contributed by atoms with Gasteiger partial charge in [-0.1, -0.05) is 6.92 Å². The smallest absolute Gasteiger partial charge is 0.259 e. The number of hydrogen-bond acceptors (Lipinski definition) is 6. The third-order valence-electron chi connectivity index (χ3n) is 8.61. The maximum absolute atomic E-state index is 14.2. The van der Waals surface area contributed by atoms with Crippen LogP contribution in [0.15, 0.2) is 47.7 Å². The first kappa shape index (κ1) is 25.7. The Bertz CT molecular complexity index is 1560. The molecular formula is C30H36N6O3. The summed E-state index contributed by atoms with van der Waals surface area (Å²) in [4.78, 5) is 38.7. The summed E-state index contributed by atoms with van der Waals surface area (Å²) in [5.74, 6) is 0.355. The SMILES string of the molecule is Cc1cc2[nH]c(=O)c3cnn(C4CCOCC4)c3c2cc1C(=O)N1CCN(Cc2ccncc2)CC(C)C1C. The Labute approximate surface area is 227 Å². The van der Waals surface area contributed by atoms with E-state index in [0.29, 0.717) is 36.6 Å². The van der Waals surface area contributed by atoms with Gasteiger partial charge in [0.15, 0.2) is 0 Å². The Morgan fingerprint density at radius 1 is 1.10 bits per heavy atom. The van der Waals surface area contributed by atoms with Gasteiger partial charge >= 0.3 is 0 Å². The molecule has 0 spiro atoms. The Kier molecular flexibility index (Phi) is 6.95. The highest BCUT2D eigenvalue weighted by Crippen LogP contribution is 2.31. The van der Waals surface area contributed by atoms with Crippen molar-refractivity contribution in [2.45, 2.75) is 52.2 Å². The second-order valence-corrected chi connectivity index (χ2v) is 11.2. The first-order chi connectivity index (χ1) is 18.9. The zero-order valence-electron chi connectivity index (χ0n) is 22.9. The minimum Gasteiger partial charge on any atom is -0.381 e. The standard InChI is InChI=1S/C30H36N6O3/c1-19-14-27-25(28-26(29(37)33-27)16-32-36(28)23-6-12-39-13-7-23)15-24(19)30(38)35-11-10-34(17-20(2)21(35)3)18-22-4-8-31-9-5-22/h4-5,8-9,14-16,20-21,23H,6-7,10-13,17-18H2,1-3H3,(H,33,37). The molecule has 2 saturated heterocycles. The lowest BCUT2D eigenvalue weighted by atomic mass is 9.98. The first-order valence-electron chi connectivity index (χ1n) is 13.9. The molecule has 3 aromatic heterocycles. The van der Waals surface area contributed by atoms with Gasteiger partial charge in [0.05, 0.1) is 28.7 Å². The summed E-state index contributed by atoms with van der Waals surface area (Å²) >= 11 is 0. The molecule has 2 aliphatic heterocycles. The number of fused-ring (bicyclic) bond motifs is 3. The van der Waals surface area contributed by atoms with Crippen LogP contribution in [0.5, 0.6) is 0 Å². The molecule has 5 heterocycles. The number of carbonyl (C=O) groups is 1. The summed E-state index contributed by atoms with van der Waals surface area (Å²) in [7, 11) is 0. The van der Waals surface area contributed by atoms with E-state index < -0.39 is 0 Å². The van der Waals surface area contributed by atoms with Crippen LogP contribution in [0.3, 0.4) is 0 Å². The highest BCUT2D eigenvalue weighted by molar-refractivity contribution is 6.07. The van der Waals surface area contributed by atoms with E-state index in [4.69, 9.17) is 4.74 Å². The van der Waals surface area contributed by atoms with Gasteiger partial charge in [-0.25, -0.2) is 0 Å². The summed E-state index contributed by atoms with van der Waals surface area (Å²) in [5.41, 5.74) is 4.15. The van der Waals surface area contributed by atoms with Crippen molar-refractivity contribution in [2.24, 2.45) is 5.92 Å². The fourth-order valence-electron chi connectivity index (χ4n) is 6.17. The number of pyridine rings is 2. The van der Waals surface area contributed by atoms with E-state index in [0.717, 1.165) is 54.5 Å². The molecule has 1 amide bonds. The van der Waals surface area contributed by atoms with Gasteiger partial charge in [-0.3, -0.25) is 24.2 Å². The van der Waals surface area contributed by atoms with E-state index in [1.54, 1.807) is 6.20 Å². The van der Waals surface area contributed by atoms with Crippen molar-refractivity contribution >= 4 is 27.7 Å². The fraction of sp³-hybridized carbons (Fsp3) is 0.467. The van der Waals surface area contributed by atoms with Crippen LogP contribution in [0.25, 0.3) is 21.8 Å². The van der Waals surface area contributed by atoms with E-state index in [2.05, 4.69) is 45.9 Å². The van der Waals surface area contributed by atoms with Crippen molar-refractivity contribution in [3.8, 4) is 0 Å². The summed E-state index contributed by atoms with van der Waals surface area (Å²) in [6.45, 7) is 10.9.